The van der Waals surface area contributed by atoms with E-state index in [0.29, 0.717) is 15.6 Å². The molecule has 0 fully saturated rings. The van der Waals surface area contributed by atoms with E-state index in [1.807, 2.05) is 17.5 Å². The second-order valence-electron chi connectivity index (χ2n) is 6.21. The Balaban J connectivity index is 1.80. The van der Waals surface area contributed by atoms with Crippen molar-refractivity contribution in [2.45, 2.75) is 12.7 Å². The predicted octanol–water partition coefficient (Wildman–Crippen LogP) is 5.67. The number of hydrogen-bond acceptors (Lipinski definition) is 3. The summed E-state index contributed by atoms with van der Waals surface area (Å²) in [6.45, 7) is 0.238. The lowest BCUT2D eigenvalue weighted by Gasteiger charge is -2.11. The van der Waals surface area contributed by atoms with Crippen LogP contribution < -0.4 is 5.32 Å². The lowest BCUT2D eigenvalue weighted by molar-refractivity contribution is -0.142. The summed E-state index contributed by atoms with van der Waals surface area (Å²) in [7, 11) is 0. The van der Waals surface area contributed by atoms with E-state index in [1.165, 1.54) is 17.4 Å². The Morgan fingerprint density at radius 3 is 2.52 bits per heavy atom. The van der Waals surface area contributed by atoms with Gasteiger partial charge in [-0.3, -0.25) is 4.79 Å². The third-order valence-corrected chi connectivity index (χ3v) is 5.54. The van der Waals surface area contributed by atoms with Crippen molar-refractivity contribution < 1.29 is 18.0 Å². The minimum absolute atomic E-state index is 0.0154. The quantitative estimate of drug-likeness (QED) is 0.449. The molecule has 9 heteroatoms. The van der Waals surface area contributed by atoms with E-state index in [9.17, 15) is 18.0 Å². The van der Waals surface area contributed by atoms with E-state index >= 15 is 0 Å². The van der Waals surface area contributed by atoms with Crippen LogP contribution in [0.4, 0.5) is 13.2 Å². The zero-order valence-corrected chi connectivity index (χ0v) is 16.3. The molecule has 0 atom stereocenters. The summed E-state index contributed by atoms with van der Waals surface area (Å²) in [5.74, 6) is -0.638. The van der Waals surface area contributed by atoms with E-state index in [0.717, 1.165) is 10.9 Å². The van der Waals surface area contributed by atoms with Crippen molar-refractivity contribution in [3.05, 3.63) is 81.3 Å². The number of hydrogen-bond donors (Lipinski definition) is 1. The maximum atomic E-state index is 13.7. The summed E-state index contributed by atoms with van der Waals surface area (Å²) in [6.07, 6.45) is -4.68. The molecule has 1 N–H and O–H groups in total. The van der Waals surface area contributed by atoms with Crippen LogP contribution in [0.3, 0.4) is 0 Å². The number of benzene rings is 1. The van der Waals surface area contributed by atoms with Crippen LogP contribution in [0.5, 0.6) is 0 Å². The molecule has 0 unspecified atom stereocenters. The molecule has 3 heterocycles. The van der Waals surface area contributed by atoms with Gasteiger partial charge in [-0.05, 0) is 34.7 Å². The van der Waals surface area contributed by atoms with Crippen molar-refractivity contribution in [2.75, 3.05) is 0 Å². The molecule has 3 aromatic heterocycles. The van der Waals surface area contributed by atoms with Crippen LogP contribution >= 0.6 is 22.9 Å². The van der Waals surface area contributed by atoms with Crippen molar-refractivity contribution in [1.82, 2.24) is 14.9 Å². The highest BCUT2D eigenvalue weighted by molar-refractivity contribution is 7.09. The molecular formula is C20H13ClF3N3OS. The summed E-state index contributed by atoms with van der Waals surface area (Å²) in [6, 6.07) is 14.8. The molecule has 0 saturated heterocycles. The lowest BCUT2D eigenvalue weighted by atomic mass is 10.1. The van der Waals surface area contributed by atoms with Gasteiger partial charge in [-0.15, -0.1) is 11.3 Å². The molecule has 0 radical (unpaired) electrons. The third kappa shape index (κ3) is 3.86. The zero-order chi connectivity index (χ0) is 20.6. The second-order valence-corrected chi connectivity index (χ2v) is 7.62. The fraction of sp³-hybridized carbons (Fsp3) is 0.100. The molecule has 4 nitrogen and oxygen atoms in total. The van der Waals surface area contributed by atoms with Crippen LogP contribution in [-0.4, -0.2) is 15.5 Å². The van der Waals surface area contributed by atoms with Crippen LogP contribution in [0.25, 0.3) is 16.6 Å². The molecule has 0 saturated carbocycles. The van der Waals surface area contributed by atoms with Crippen molar-refractivity contribution in [3.8, 4) is 11.1 Å². The first kappa shape index (κ1) is 19.5. The minimum Gasteiger partial charge on any atom is -0.346 e. The number of thiophene rings is 1. The van der Waals surface area contributed by atoms with Gasteiger partial charge in [0.25, 0.3) is 5.91 Å². The van der Waals surface area contributed by atoms with Crippen LogP contribution in [0.15, 0.2) is 60.0 Å². The average molecular weight is 436 g/mol. The van der Waals surface area contributed by atoms with Gasteiger partial charge in [-0.1, -0.05) is 48.0 Å². The first-order valence-corrected chi connectivity index (χ1v) is 9.76. The van der Waals surface area contributed by atoms with E-state index in [4.69, 9.17) is 11.6 Å². The Morgan fingerprint density at radius 1 is 1.10 bits per heavy atom. The molecule has 0 aliphatic rings. The van der Waals surface area contributed by atoms with Crippen LogP contribution in [0.2, 0.25) is 5.02 Å². The van der Waals surface area contributed by atoms with E-state index in [1.54, 1.807) is 30.3 Å². The van der Waals surface area contributed by atoms with Crippen molar-refractivity contribution >= 4 is 34.4 Å². The second kappa shape index (κ2) is 7.53. The highest BCUT2D eigenvalue weighted by atomic mass is 35.5. The van der Waals surface area contributed by atoms with Crippen LogP contribution in [0.1, 0.15) is 21.1 Å². The van der Waals surface area contributed by atoms with Crippen molar-refractivity contribution in [3.63, 3.8) is 0 Å². The van der Waals surface area contributed by atoms with Crippen LogP contribution in [0, 0.1) is 0 Å². The SMILES string of the molecule is O=C(NCc1cccs1)c1nn2c(C(F)(F)F)cc(-c3ccccc3)cc2c1Cl. The summed E-state index contributed by atoms with van der Waals surface area (Å²) < 4.78 is 41.7. The Morgan fingerprint density at radius 2 is 1.86 bits per heavy atom. The molecule has 148 valence electrons. The number of carbonyl (C=O) groups is 1. The van der Waals surface area contributed by atoms with Gasteiger partial charge >= 0.3 is 6.18 Å². The topological polar surface area (TPSA) is 46.4 Å². The van der Waals surface area contributed by atoms with Gasteiger partial charge in [0.05, 0.1) is 17.1 Å². The van der Waals surface area contributed by atoms with E-state index < -0.39 is 17.8 Å². The van der Waals surface area contributed by atoms with Crippen molar-refractivity contribution in [1.29, 1.82) is 0 Å². The highest BCUT2D eigenvalue weighted by Crippen LogP contribution is 2.36. The maximum absolute atomic E-state index is 13.7. The Kier molecular flexibility index (Phi) is 5.06. The number of carbonyl (C=O) groups excluding carboxylic acids is 1. The van der Waals surface area contributed by atoms with Gasteiger partial charge < -0.3 is 5.32 Å². The lowest BCUT2D eigenvalue weighted by Crippen LogP contribution is -2.23. The van der Waals surface area contributed by atoms with Gasteiger partial charge in [0.1, 0.15) is 5.69 Å². The number of aromatic nitrogens is 2. The number of nitrogens with zero attached hydrogens (tertiary/aromatic N) is 2. The standard InChI is InChI=1S/C20H13ClF3N3OS/c21-17-15-9-13(12-5-2-1-3-6-12)10-16(20(22,23)24)27(15)26-18(17)19(28)25-11-14-7-4-8-29-14/h1-10H,11H2,(H,25,28). The monoisotopic (exact) mass is 435 g/mol. The van der Waals surface area contributed by atoms with Gasteiger partial charge in [0, 0.05) is 4.88 Å². The minimum atomic E-state index is -4.68. The summed E-state index contributed by atoms with van der Waals surface area (Å²) >= 11 is 7.74. The summed E-state index contributed by atoms with van der Waals surface area (Å²) in [5.41, 5.74) is -0.312. The molecule has 0 aliphatic carbocycles. The average Bonchev–Trinajstić information content (AvgIpc) is 3.33. The molecule has 1 amide bonds. The number of nitrogens with one attached hydrogen (secondary N) is 1. The fourth-order valence-electron chi connectivity index (χ4n) is 2.93. The van der Waals surface area contributed by atoms with Gasteiger partial charge in [-0.2, -0.15) is 18.3 Å². The highest BCUT2D eigenvalue weighted by Gasteiger charge is 2.36. The van der Waals surface area contributed by atoms with Gasteiger partial charge in [-0.25, -0.2) is 4.52 Å². The van der Waals surface area contributed by atoms with E-state index in [-0.39, 0.29) is 22.8 Å². The molecule has 0 bridgehead atoms. The molecule has 4 rings (SSSR count). The number of halogens is 4. The smallest absolute Gasteiger partial charge is 0.346 e. The molecule has 1 aromatic carbocycles. The number of amides is 1. The predicted molar refractivity (Wildman–Crippen MR) is 106 cm³/mol. The summed E-state index contributed by atoms with van der Waals surface area (Å²) in [4.78, 5) is 13.4. The Hall–Kier alpha value is -2.84. The normalized spacial score (nSPS) is 11.7. The number of fused-ring (bicyclic) bond motifs is 1. The molecular weight excluding hydrogens is 423 g/mol. The molecule has 4 aromatic rings. The van der Waals surface area contributed by atoms with Gasteiger partial charge in [0.2, 0.25) is 0 Å². The first-order valence-electron chi connectivity index (χ1n) is 8.50. The fourth-order valence-corrected chi connectivity index (χ4v) is 3.83. The van der Waals surface area contributed by atoms with Gasteiger partial charge in [0.15, 0.2) is 5.69 Å². The van der Waals surface area contributed by atoms with Crippen molar-refractivity contribution in [2.24, 2.45) is 0 Å². The Bertz CT molecular complexity index is 1170. The largest absolute Gasteiger partial charge is 0.433 e. The number of rotatable bonds is 4. The third-order valence-electron chi connectivity index (χ3n) is 4.29. The molecule has 0 spiro atoms. The zero-order valence-electron chi connectivity index (χ0n) is 14.7. The first-order chi connectivity index (χ1) is 13.8. The van der Waals surface area contributed by atoms with E-state index in [2.05, 4.69) is 10.4 Å². The summed E-state index contributed by atoms with van der Waals surface area (Å²) in [5, 5.41) is 8.24. The molecule has 0 aliphatic heterocycles. The maximum Gasteiger partial charge on any atom is 0.433 e. The molecule has 29 heavy (non-hydrogen) atoms. The van der Waals surface area contributed by atoms with Crippen LogP contribution in [-0.2, 0) is 12.7 Å². The Labute approximate surface area is 172 Å². The number of pyridine rings is 1. The number of alkyl halides is 3.